The van der Waals surface area contributed by atoms with Crippen LogP contribution in [0, 0.1) is 0 Å². The molecule has 0 saturated heterocycles. The summed E-state index contributed by atoms with van der Waals surface area (Å²) >= 11 is 0. The minimum absolute atomic E-state index is 0.0275. The van der Waals surface area contributed by atoms with Crippen LogP contribution >= 0.6 is 0 Å². The molecule has 2 rings (SSSR count). The van der Waals surface area contributed by atoms with Crippen LogP contribution in [0.3, 0.4) is 0 Å². The van der Waals surface area contributed by atoms with Gasteiger partial charge >= 0.3 is 0 Å². The number of amides is 1. The molecule has 1 aliphatic rings. The summed E-state index contributed by atoms with van der Waals surface area (Å²) in [4.78, 5) is 11.6. The highest BCUT2D eigenvalue weighted by Crippen LogP contribution is 2.19. The Kier molecular flexibility index (Phi) is 4.20. The van der Waals surface area contributed by atoms with Gasteiger partial charge < -0.3 is 15.2 Å². The molecule has 2 N–H and O–H groups in total. The van der Waals surface area contributed by atoms with Gasteiger partial charge in [-0.05, 0) is 37.0 Å². The Bertz CT molecular complexity index is 413. The third-order valence-corrected chi connectivity index (χ3v) is 3.15. The first-order chi connectivity index (χ1) is 8.67. The Balaban J connectivity index is 1.74. The standard InChI is InChI=1S/C14H19NO3/c1-2-10-4-3-5-13(6-10)18-9-14(17)15-11-7-12(16)8-11/h3-6,11-12,16H,2,7-9H2,1H3,(H,15,17). The minimum Gasteiger partial charge on any atom is -0.484 e. The van der Waals surface area contributed by atoms with E-state index >= 15 is 0 Å². The number of aliphatic hydroxyl groups excluding tert-OH is 1. The lowest BCUT2D eigenvalue weighted by atomic mass is 9.89. The minimum atomic E-state index is -0.252. The van der Waals surface area contributed by atoms with Crippen LogP contribution in [-0.4, -0.2) is 29.8 Å². The highest BCUT2D eigenvalue weighted by Gasteiger charge is 2.28. The van der Waals surface area contributed by atoms with E-state index in [-0.39, 0.29) is 24.7 Å². The van der Waals surface area contributed by atoms with Crippen molar-refractivity contribution in [1.82, 2.24) is 5.32 Å². The number of nitrogens with one attached hydrogen (secondary N) is 1. The van der Waals surface area contributed by atoms with E-state index in [2.05, 4.69) is 12.2 Å². The summed E-state index contributed by atoms with van der Waals surface area (Å²) in [6.45, 7) is 2.10. The summed E-state index contributed by atoms with van der Waals surface area (Å²) in [6.07, 6.45) is 2.00. The van der Waals surface area contributed by atoms with Crippen LogP contribution in [0.25, 0.3) is 0 Å². The maximum absolute atomic E-state index is 11.6. The van der Waals surface area contributed by atoms with E-state index in [9.17, 15) is 4.79 Å². The van der Waals surface area contributed by atoms with E-state index in [4.69, 9.17) is 9.84 Å². The van der Waals surface area contributed by atoms with Gasteiger partial charge in [0.2, 0.25) is 0 Å². The van der Waals surface area contributed by atoms with Crippen molar-refractivity contribution in [3.63, 3.8) is 0 Å². The van der Waals surface area contributed by atoms with Gasteiger partial charge in [0.05, 0.1) is 6.10 Å². The van der Waals surface area contributed by atoms with Gasteiger partial charge in [-0.25, -0.2) is 0 Å². The summed E-state index contributed by atoms with van der Waals surface area (Å²) in [7, 11) is 0. The Hall–Kier alpha value is -1.55. The van der Waals surface area contributed by atoms with Gasteiger partial charge in [0, 0.05) is 6.04 Å². The first kappa shape index (κ1) is 12.9. The van der Waals surface area contributed by atoms with Gasteiger partial charge in [-0.1, -0.05) is 19.1 Å². The molecule has 1 amide bonds. The van der Waals surface area contributed by atoms with Crippen LogP contribution in [0.15, 0.2) is 24.3 Å². The zero-order valence-corrected chi connectivity index (χ0v) is 10.6. The summed E-state index contributed by atoms with van der Waals surface area (Å²) < 4.78 is 5.43. The summed E-state index contributed by atoms with van der Waals surface area (Å²) in [5.74, 6) is 0.590. The van der Waals surface area contributed by atoms with Crippen molar-refractivity contribution in [3.05, 3.63) is 29.8 Å². The van der Waals surface area contributed by atoms with Crippen LogP contribution in [0.1, 0.15) is 25.3 Å². The van der Waals surface area contributed by atoms with Gasteiger partial charge in [0.25, 0.3) is 5.91 Å². The average molecular weight is 249 g/mol. The van der Waals surface area contributed by atoms with Crippen molar-refractivity contribution >= 4 is 5.91 Å². The first-order valence-corrected chi connectivity index (χ1v) is 6.36. The van der Waals surface area contributed by atoms with E-state index in [1.807, 2.05) is 24.3 Å². The number of carbonyl (C=O) groups excluding carboxylic acids is 1. The lowest BCUT2D eigenvalue weighted by molar-refractivity contribution is -0.125. The number of hydrogen-bond acceptors (Lipinski definition) is 3. The molecule has 0 radical (unpaired) electrons. The molecule has 0 aliphatic heterocycles. The van der Waals surface area contributed by atoms with E-state index in [0.717, 1.165) is 12.2 Å². The van der Waals surface area contributed by atoms with Crippen molar-refractivity contribution in [2.75, 3.05) is 6.61 Å². The summed E-state index contributed by atoms with van der Waals surface area (Å²) in [6, 6.07) is 7.86. The predicted octanol–water partition coefficient (Wildman–Crippen LogP) is 1.27. The first-order valence-electron chi connectivity index (χ1n) is 6.36. The molecule has 1 fully saturated rings. The molecular formula is C14H19NO3. The van der Waals surface area contributed by atoms with Gasteiger partial charge in [0.1, 0.15) is 5.75 Å². The van der Waals surface area contributed by atoms with E-state index in [0.29, 0.717) is 12.8 Å². The molecule has 1 aliphatic carbocycles. The molecule has 0 bridgehead atoms. The SMILES string of the molecule is CCc1cccc(OCC(=O)NC2CC(O)C2)c1. The van der Waals surface area contributed by atoms with Crippen LogP contribution < -0.4 is 10.1 Å². The van der Waals surface area contributed by atoms with Crippen molar-refractivity contribution < 1.29 is 14.6 Å². The largest absolute Gasteiger partial charge is 0.484 e. The van der Waals surface area contributed by atoms with Crippen molar-refractivity contribution in [1.29, 1.82) is 0 Å². The monoisotopic (exact) mass is 249 g/mol. The second-order valence-electron chi connectivity index (χ2n) is 4.68. The second-order valence-corrected chi connectivity index (χ2v) is 4.68. The molecule has 0 spiro atoms. The topological polar surface area (TPSA) is 58.6 Å². The van der Waals surface area contributed by atoms with Crippen LogP contribution in [0.5, 0.6) is 5.75 Å². The Morgan fingerprint density at radius 2 is 2.28 bits per heavy atom. The highest BCUT2D eigenvalue weighted by atomic mass is 16.5. The van der Waals surface area contributed by atoms with Crippen LogP contribution in [0.2, 0.25) is 0 Å². The molecule has 98 valence electrons. The van der Waals surface area contributed by atoms with Crippen molar-refractivity contribution in [3.8, 4) is 5.75 Å². The van der Waals surface area contributed by atoms with Gasteiger partial charge in [-0.15, -0.1) is 0 Å². The number of ether oxygens (including phenoxy) is 1. The fraction of sp³-hybridized carbons (Fsp3) is 0.500. The lowest BCUT2D eigenvalue weighted by Gasteiger charge is -2.31. The molecular weight excluding hydrogens is 230 g/mol. The Morgan fingerprint density at radius 1 is 1.50 bits per heavy atom. The van der Waals surface area contributed by atoms with Crippen LogP contribution in [0.4, 0.5) is 0 Å². The highest BCUT2D eigenvalue weighted by molar-refractivity contribution is 5.78. The Morgan fingerprint density at radius 3 is 2.94 bits per heavy atom. The van der Waals surface area contributed by atoms with E-state index < -0.39 is 0 Å². The number of hydrogen-bond donors (Lipinski definition) is 2. The van der Waals surface area contributed by atoms with Crippen molar-refractivity contribution in [2.45, 2.75) is 38.3 Å². The third-order valence-electron chi connectivity index (χ3n) is 3.15. The van der Waals surface area contributed by atoms with Crippen molar-refractivity contribution in [2.24, 2.45) is 0 Å². The zero-order chi connectivity index (χ0) is 13.0. The quantitative estimate of drug-likeness (QED) is 0.826. The number of aliphatic hydroxyl groups is 1. The fourth-order valence-corrected chi connectivity index (χ4v) is 1.98. The average Bonchev–Trinajstić information content (AvgIpc) is 2.35. The van der Waals surface area contributed by atoms with Gasteiger partial charge in [-0.2, -0.15) is 0 Å². The molecule has 4 heteroatoms. The number of rotatable bonds is 5. The molecule has 4 nitrogen and oxygen atoms in total. The molecule has 0 unspecified atom stereocenters. The van der Waals surface area contributed by atoms with E-state index in [1.165, 1.54) is 5.56 Å². The second kappa shape index (κ2) is 5.87. The molecule has 0 atom stereocenters. The third kappa shape index (κ3) is 3.47. The number of aryl methyl sites for hydroxylation is 1. The molecule has 18 heavy (non-hydrogen) atoms. The normalized spacial score (nSPS) is 22.1. The molecule has 1 aromatic carbocycles. The summed E-state index contributed by atoms with van der Waals surface area (Å²) in [5, 5.41) is 11.9. The Labute approximate surface area is 107 Å². The molecule has 0 heterocycles. The predicted molar refractivity (Wildman–Crippen MR) is 68.5 cm³/mol. The zero-order valence-electron chi connectivity index (χ0n) is 10.6. The van der Waals surface area contributed by atoms with Gasteiger partial charge in [0.15, 0.2) is 6.61 Å². The maximum Gasteiger partial charge on any atom is 0.258 e. The fourth-order valence-electron chi connectivity index (χ4n) is 1.98. The maximum atomic E-state index is 11.6. The summed E-state index contributed by atoms with van der Waals surface area (Å²) in [5.41, 5.74) is 1.19. The van der Waals surface area contributed by atoms with Crippen LogP contribution in [-0.2, 0) is 11.2 Å². The van der Waals surface area contributed by atoms with Gasteiger partial charge in [-0.3, -0.25) is 4.79 Å². The number of benzene rings is 1. The molecule has 0 aromatic heterocycles. The van der Waals surface area contributed by atoms with E-state index in [1.54, 1.807) is 0 Å². The molecule has 1 saturated carbocycles. The lowest BCUT2D eigenvalue weighted by Crippen LogP contribution is -2.48. The number of carbonyl (C=O) groups is 1. The molecule has 1 aromatic rings. The smallest absolute Gasteiger partial charge is 0.258 e.